The largest absolute Gasteiger partial charge is 0.490 e. The summed E-state index contributed by atoms with van der Waals surface area (Å²) >= 11 is 0. The number of aromatic amines is 1. The van der Waals surface area contributed by atoms with Crippen molar-refractivity contribution in [2.24, 2.45) is 5.73 Å². The lowest BCUT2D eigenvalue weighted by atomic mass is 10.1. The van der Waals surface area contributed by atoms with Gasteiger partial charge in [-0.2, -0.15) is 5.10 Å². The van der Waals surface area contributed by atoms with Crippen LogP contribution >= 0.6 is 0 Å². The van der Waals surface area contributed by atoms with Gasteiger partial charge >= 0.3 is 0 Å². The van der Waals surface area contributed by atoms with Crippen LogP contribution in [0.25, 0.3) is 0 Å². The van der Waals surface area contributed by atoms with E-state index >= 15 is 0 Å². The predicted molar refractivity (Wildman–Crippen MR) is 71.2 cm³/mol. The first-order valence-electron chi connectivity index (χ1n) is 6.26. The summed E-state index contributed by atoms with van der Waals surface area (Å²) in [6.07, 6.45) is 1.44. The lowest BCUT2D eigenvalue weighted by Crippen LogP contribution is -2.14. The van der Waals surface area contributed by atoms with Gasteiger partial charge in [0.1, 0.15) is 12.2 Å². The molecule has 19 heavy (non-hydrogen) atoms. The van der Waals surface area contributed by atoms with Crippen molar-refractivity contribution in [2.75, 3.05) is 13.2 Å². The molecule has 6 nitrogen and oxygen atoms in total. The number of nitrogens with two attached hydrogens (primary N) is 1. The van der Waals surface area contributed by atoms with E-state index in [1.54, 1.807) is 0 Å². The Morgan fingerprint density at radius 3 is 2.58 bits per heavy atom. The van der Waals surface area contributed by atoms with Gasteiger partial charge in [-0.1, -0.05) is 6.07 Å². The minimum Gasteiger partial charge on any atom is -0.490 e. The van der Waals surface area contributed by atoms with Crippen LogP contribution in [0.4, 0.5) is 0 Å². The van der Waals surface area contributed by atoms with E-state index in [2.05, 4.69) is 15.2 Å². The van der Waals surface area contributed by atoms with E-state index in [4.69, 9.17) is 15.2 Å². The molecule has 0 radical (unpaired) electrons. The number of ether oxygens (including phenoxy) is 2. The van der Waals surface area contributed by atoms with Crippen molar-refractivity contribution in [1.82, 2.24) is 15.2 Å². The van der Waals surface area contributed by atoms with Gasteiger partial charge in [-0.15, -0.1) is 0 Å². The van der Waals surface area contributed by atoms with Gasteiger partial charge in [-0.3, -0.25) is 5.10 Å². The molecule has 1 heterocycles. The van der Waals surface area contributed by atoms with Crippen LogP contribution in [-0.2, 0) is 0 Å². The van der Waals surface area contributed by atoms with Crippen LogP contribution in [0.15, 0.2) is 24.5 Å². The molecular formula is C13H18N4O2. The zero-order chi connectivity index (χ0) is 13.7. The van der Waals surface area contributed by atoms with Gasteiger partial charge in [0.25, 0.3) is 0 Å². The van der Waals surface area contributed by atoms with Crippen molar-refractivity contribution < 1.29 is 9.47 Å². The van der Waals surface area contributed by atoms with Crippen LogP contribution in [0, 0.1) is 0 Å². The third kappa shape index (κ3) is 3.03. The van der Waals surface area contributed by atoms with E-state index in [-0.39, 0.29) is 6.04 Å². The summed E-state index contributed by atoms with van der Waals surface area (Å²) in [4.78, 5) is 4.06. The summed E-state index contributed by atoms with van der Waals surface area (Å²) in [5.74, 6) is 2.03. The van der Waals surface area contributed by atoms with Crippen LogP contribution in [0.3, 0.4) is 0 Å². The minimum absolute atomic E-state index is 0.364. The number of nitrogens with one attached hydrogen (secondary N) is 1. The maximum atomic E-state index is 6.12. The van der Waals surface area contributed by atoms with Crippen LogP contribution in [0.2, 0.25) is 0 Å². The molecule has 1 atom stereocenters. The Morgan fingerprint density at radius 1 is 1.21 bits per heavy atom. The van der Waals surface area contributed by atoms with E-state index in [0.29, 0.717) is 24.8 Å². The Labute approximate surface area is 111 Å². The molecule has 1 aromatic heterocycles. The number of rotatable bonds is 6. The lowest BCUT2D eigenvalue weighted by molar-refractivity contribution is 0.287. The Balaban J connectivity index is 2.29. The van der Waals surface area contributed by atoms with E-state index in [0.717, 1.165) is 11.3 Å². The molecule has 3 N–H and O–H groups in total. The van der Waals surface area contributed by atoms with Gasteiger partial charge in [-0.05, 0) is 31.5 Å². The highest BCUT2D eigenvalue weighted by Crippen LogP contribution is 2.31. The maximum absolute atomic E-state index is 6.12. The normalized spacial score (nSPS) is 12.2. The number of hydrogen-bond donors (Lipinski definition) is 2. The molecule has 0 bridgehead atoms. The Kier molecular flexibility index (Phi) is 4.35. The molecule has 2 rings (SSSR count). The zero-order valence-corrected chi connectivity index (χ0v) is 11.1. The van der Waals surface area contributed by atoms with E-state index in [1.165, 1.54) is 6.33 Å². The summed E-state index contributed by atoms with van der Waals surface area (Å²) in [6, 6.07) is 5.28. The van der Waals surface area contributed by atoms with Crippen molar-refractivity contribution in [3.63, 3.8) is 0 Å². The average Bonchev–Trinajstić information content (AvgIpc) is 2.94. The second-order valence-corrected chi connectivity index (χ2v) is 3.92. The Morgan fingerprint density at radius 2 is 1.95 bits per heavy atom. The second kappa shape index (κ2) is 6.19. The van der Waals surface area contributed by atoms with E-state index in [9.17, 15) is 0 Å². The van der Waals surface area contributed by atoms with Gasteiger partial charge in [0.15, 0.2) is 11.5 Å². The molecule has 2 aromatic rings. The smallest absolute Gasteiger partial charge is 0.161 e. The second-order valence-electron chi connectivity index (χ2n) is 3.92. The first-order valence-corrected chi connectivity index (χ1v) is 6.26. The first-order chi connectivity index (χ1) is 9.26. The molecule has 0 spiro atoms. The van der Waals surface area contributed by atoms with Crippen molar-refractivity contribution >= 4 is 0 Å². The summed E-state index contributed by atoms with van der Waals surface area (Å²) in [6.45, 7) is 5.03. The summed E-state index contributed by atoms with van der Waals surface area (Å²) in [7, 11) is 0. The first kappa shape index (κ1) is 13.4. The third-order valence-corrected chi connectivity index (χ3v) is 2.65. The Hall–Kier alpha value is -2.08. The molecule has 6 heteroatoms. The zero-order valence-electron chi connectivity index (χ0n) is 11.1. The van der Waals surface area contributed by atoms with Crippen LogP contribution in [0.1, 0.15) is 31.3 Å². The molecule has 1 aromatic carbocycles. The molecule has 0 fully saturated rings. The minimum atomic E-state index is -0.364. The number of nitrogens with zero attached hydrogens (tertiary/aromatic N) is 2. The van der Waals surface area contributed by atoms with Gasteiger partial charge in [-0.25, -0.2) is 4.98 Å². The van der Waals surface area contributed by atoms with Crippen molar-refractivity contribution in [3.8, 4) is 11.5 Å². The molecule has 0 unspecified atom stereocenters. The van der Waals surface area contributed by atoms with Gasteiger partial charge in [0.2, 0.25) is 0 Å². The maximum Gasteiger partial charge on any atom is 0.161 e. The third-order valence-electron chi connectivity index (χ3n) is 2.65. The van der Waals surface area contributed by atoms with E-state index < -0.39 is 0 Å². The highest BCUT2D eigenvalue weighted by atomic mass is 16.5. The molecule has 0 aliphatic heterocycles. The van der Waals surface area contributed by atoms with Crippen LogP contribution < -0.4 is 15.2 Å². The molecule has 0 amide bonds. The average molecular weight is 262 g/mol. The predicted octanol–water partition coefficient (Wildman–Crippen LogP) is 1.65. The van der Waals surface area contributed by atoms with Crippen molar-refractivity contribution in [2.45, 2.75) is 19.9 Å². The number of H-pyrrole nitrogens is 1. The Bertz CT molecular complexity index is 513. The fraction of sp³-hybridized carbons (Fsp3) is 0.385. The van der Waals surface area contributed by atoms with Crippen LogP contribution in [-0.4, -0.2) is 28.4 Å². The lowest BCUT2D eigenvalue weighted by Gasteiger charge is -2.14. The van der Waals surface area contributed by atoms with Gasteiger partial charge in [0.05, 0.1) is 19.3 Å². The molecule has 0 saturated heterocycles. The van der Waals surface area contributed by atoms with Crippen molar-refractivity contribution in [3.05, 3.63) is 35.9 Å². The van der Waals surface area contributed by atoms with E-state index in [1.807, 2.05) is 32.0 Å². The summed E-state index contributed by atoms with van der Waals surface area (Å²) < 4.78 is 11.1. The van der Waals surface area contributed by atoms with Gasteiger partial charge < -0.3 is 15.2 Å². The van der Waals surface area contributed by atoms with Crippen molar-refractivity contribution in [1.29, 1.82) is 0 Å². The quantitative estimate of drug-likeness (QED) is 0.826. The number of aromatic nitrogens is 3. The van der Waals surface area contributed by atoms with Gasteiger partial charge in [0, 0.05) is 0 Å². The van der Waals surface area contributed by atoms with Crippen LogP contribution in [0.5, 0.6) is 11.5 Å². The fourth-order valence-corrected chi connectivity index (χ4v) is 1.78. The standard InChI is InChI=1S/C13H18N4O2/c1-3-18-10-6-5-9(7-11(10)19-4-2)12(14)13-15-8-16-17-13/h5-8,12H,3-4,14H2,1-2H3,(H,15,16,17)/t12-/m0/s1. The topological polar surface area (TPSA) is 86.0 Å². The SMILES string of the molecule is CCOc1ccc([C@H](N)c2ncn[nH]2)cc1OCC. The summed E-state index contributed by atoms with van der Waals surface area (Å²) in [5.41, 5.74) is 7.01. The molecule has 0 aliphatic carbocycles. The number of benzene rings is 1. The highest BCUT2D eigenvalue weighted by Gasteiger charge is 2.15. The fourth-order valence-electron chi connectivity index (χ4n) is 1.78. The molecule has 102 valence electrons. The summed E-state index contributed by atoms with van der Waals surface area (Å²) in [5, 5.41) is 6.57. The molecular weight excluding hydrogens is 244 g/mol. The molecule has 0 saturated carbocycles. The molecule has 0 aliphatic rings. The number of hydrogen-bond acceptors (Lipinski definition) is 5. The monoisotopic (exact) mass is 262 g/mol. The highest BCUT2D eigenvalue weighted by molar-refractivity contribution is 5.44.